The Bertz CT molecular complexity index is 882. The molecule has 0 aromatic rings. The summed E-state index contributed by atoms with van der Waals surface area (Å²) in [5.74, 6) is -2.34. The van der Waals surface area contributed by atoms with Crippen molar-refractivity contribution in [1.29, 1.82) is 0 Å². The summed E-state index contributed by atoms with van der Waals surface area (Å²) < 4.78 is 23.1. The number of carbonyl (C=O) groups excluding carboxylic acids is 3. The van der Waals surface area contributed by atoms with E-state index in [1.807, 2.05) is 13.8 Å². The molecular formula is C22H26O7. The van der Waals surface area contributed by atoms with Gasteiger partial charge in [-0.1, -0.05) is 18.2 Å². The van der Waals surface area contributed by atoms with E-state index in [1.165, 1.54) is 6.92 Å². The second-order valence-electron chi connectivity index (χ2n) is 8.47. The second-order valence-corrected chi connectivity index (χ2v) is 8.47. The monoisotopic (exact) mass is 402 g/mol. The van der Waals surface area contributed by atoms with E-state index in [2.05, 4.69) is 6.58 Å². The zero-order valence-corrected chi connectivity index (χ0v) is 17.3. The predicted molar refractivity (Wildman–Crippen MR) is 101 cm³/mol. The Hall–Kier alpha value is -2.41. The Morgan fingerprint density at radius 3 is 2.59 bits per heavy atom. The fourth-order valence-corrected chi connectivity index (χ4v) is 5.09. The molecule has 156 valence electrons. The van der Waals surface area contributed by atoms with Gasteiger partial charge in [0.05, 0.1) is 12.0 Å². The maximum Gasteiger partial charge on any atom is 0.334 e. The van der Waals surface area contributed by atoms with E-state index >= 15 is 0 Å². The van der Waals surface area contributed by atoms with Crippen molar-refractivity contribution in [2.24, 2.45) is 11.8 Å². The van der Waals surface area contributed by atoms with Gasteiger partial charge >= 0.3 is 17.9 Å². The fraction of sp³-hybridized carbons (Fsp3) is 0.591. The number of hydrogen-bond donors (Lipinski definition) is 0. The van der Waals surface area contributed by atoms with E-state index in [1.54, 1.807) is 19.9 Å². The molecule has 4 aliphatic rings. The zero-order valence-electron chi connectivity index (χ0n) is 17.3. The van der Waals surface area contributed by atoms with Crippen LogP contribution in [0.3, 0.4) is 0 Å². The molecular weight excluding hydrogens is 376 g/mol. The average molecular weight is 402 g/mol. The number of epoxide rings is 1. The molecule has 2 aliphatic heterocycles. The van der Waals surface area contributed by atoms with Gasteiger partial charge in [-0.05, 0) is 39.7 Å². The van der Waals surface area contributed by atoms with Gasteiger partial charge in [-0.25, -0.2) is 9.59 Å². The van der Waals surface area contributed by atoms with Crippen molar-refractivity contribution < 1.29 is 33.3 Å². The molecule has 0 bridgehead atoms. The van der Waals surface area contributed by atoms with Crippen LogP contribution in [-0.2, 0) is 33.3 Å². The fourth-order valence-electron chi connectivity index (χ4n) is 5.09. The first-order valence-electron chi connectivity index (χ1n) is 9.88. The van der Waals surface area contributed by atoms with Crippen molar-refractivity contribution in [3.05, 3.63) is 34.9 Å². The molecule has 0 spiro atoms. The highest BCUT2D eigenvalue weighted by Crippen LogP contribution is 2.62. The minimum Gasteiger partial charge on any atom is -0.457 e. The lowest BCUT2D eigenvalue weighted by molar-refractivity contribution is -0.166. The third-order valence-corrected chi connectivity index (χ3v) is 6.84. The minimum atomic E-state index is -0.899. The summed E-state index contributed by atoms with van der Waals surface area (Å²) in [5.41, 5.74) is 2.11. The van der Waals surface area contributed by atoms with Crippen LogP contribution in [0.5, 0.6) is 0 Å². The summed E-state index contributed by atoms with van der Waals surface area (Å²) in [4.78, 5) is 37.0. The third-order valence-electron chi connectivity index (χ3n) is 6.84. The topological polar surface area (TPSA) is 91.4 Å². The van der Waals surface area contributed by atoms with Gasteiger partial charge in [-0.15, -0.1) is 0 Å². The lowest BCUT2D eigenvalue weighted by Crippen LogP contribution is -2.45. The molecule has 0 aromatic carbocycles. The van der Waals surface area contributed by atoms with Crippen LogP contribution in [-0.4, -0.2) is 47.9 Å². The van der Waals surface area contributed by atoms with Gasteiger partial charge in [0.15, 0.2) is 12.2 Å². The van der Waals surface area contributed by atoms with Crippen molar-refractivity contribution in [2.45, 2.75) is 71.1 Å². The second kappa shape index (κ2) is 6.55. The number of fused-ring (bicyclic) bond motifs is 5. The molecule has 0 amide bonds. The van der Waals surface area contributed by atoms with Gasteiger partial charge < -0.3 is 18.9 Å². The predicted octanol–water partition coefficient (Wildman–Crippen LogP) is 2.40. The summed E-state index contributed by atoms with van der Waals surface area (Å²) in [6.07, 6.45) is 0.0706. The van der Waals surface area contributed by atoms with Crippen molar-refractivity contribution >= 4 is 17.9 Å². The molecule has 7 unspecified atom stereocenters. The lowest BCUT2D eigenvalue weighted by atomic mass is 9.80. The molecule has 0 aromatic heterocycles. The van der Waals surface area contributed by atoms with Crippen LogP contribution in [0.25, 0.3) is 0 Å². The highest BCUT2D eigenvalue weighted by molar-refractivity contribution is 5.91. The molecule has 1 saturated carbocycles. The smallest absolute Gasteiger partial charge is 0.334 e. The van der Waals surface area contributed by atoms with E-state index in [4.69, 9.17) is 18.9 Å². The highest BCUT2D eigenvalue weighted by Gasteiger charge is 2.71. The molecule has 0 N–H and O–H groups in total. The zero-order chi connectivity index (χ0) is 21.2. The largest absolute Gasteiger partial charge is 0.457 e. The normalized spacial score (nSPS) is 40.5. The van der Waals surface area contributed by atoms with Gasteiger partial charge in [-0.3, -0.25) is 4.79 Å². The Morgan fingerprint density at radius 2 is 1.97 bits per heavy atom. The van der Waals surface area contributed by atoms with Gasteiger partial charge in [0.1, 0.15) is 11.7 Å². The molecule has 29 heavy (non-hydrogen) atoms. The van der Waals surface area contributed by atoms with E-state index in [-0.39, 0.29) is 17.6 Å². The maximum atomic E-state index is 12.6. The molecule has 7 heteroatoms. The van der Waals surface area contributed by atoms with E-state index in [0.717, 1.165) is 11.1 Å². The Morgan fingerprint density at radius 1 is 1.28 bits per heavy atom. The van der Waals surface area contributed by atoms with Crippen LogP contribution < -0.4 is 0 Å². The number of carbonyl (C=O) groups is 3. The highest BCUT2D eigenvalue weighted by atomic mass is 16.6. The summed E-state index contributed by atoms with van der Waals surface area (Å²) in [5, 5.41) is 0. The first-order valence-corrected chi connectivity index (χ1v) is 9.88. The quantitative estimate of drug-likeness (QED) is 0.235. The van der Waals surface area contributed by atoms with Crippen molar-refractivity contribution in [3.63, 3.8) is 0 Å². The Labute approximate surface area is 169 Å². The SMILES string of the molecule is C=C1C(=O)OC2C1C(OC(C)=O)C(OC(=O)/C(C)=C/C)C(C)=C1CC3OC3(C)C12. The van der Waals surface area contributed by atoms with Crippen LogP contribution in [0, 0.1) is 11.8 Å². The minimum absolute atomic E-state index is 0.0459. The van der Waals surface area contributed by atoms with Crippen LogP contribution in [0.1, 0.15) is 41.0 Å². The molecule has 2 heterocycles. The first kappa shape index (κ1) is 19.9. The Kier molecular flexibility index (Phi) is 4.49. The number of rotatable bonds is 3. The van der Waals surface area contributed by atoms with E-state index in [0.29, 0.717) is 12.0 Å². The van der Waals surface area contributed by atoms with Crippen LogP contribution >= 0.6 is 0 Å². The molecule has 7 atom stereocenters. The van der Waals surface area contributed by atoms with Gasteiger partial charge in [0, 0.05) is 24.0 Å². The maximum absolute atomic E-state index is 12.6. The van der Waals surface area contributed by atoms with Crippen molar-refractivity contribution in [2.75, 3.05) is 0 Å². The molecule has 2 saturated heterocycles. The van der Waals surface area contributed by atoms with E-state index < -0.39 is 47.7 Å². The summed E-state index contributed by atoms with van der Waals surface area (Å²) in [7, 11) is 0. The Balaban J connectivity index is 1.84. The number of allylic oxidation sites excluding steroid dienone is 1. The van der Waals surface area contributed by atoms with Gasteiger partial charge in [0.25, 0.3) is 0 Å². The first-order chi connectivity index (χ1) is 13.6. The standard InChI is InChI=1S/C22H26O7/c1-7-9(2)20(24)27-17-10(3)13-8-14-22(6,29-14)16(13)18-15(11(4)21(25)28-18)19(17)26-12(5)23/h7,14-19H,4,8H2,1-3,5-6H3/b9-7+. The number of esters is 3. The molecule has 3 fully saturated rings. The van der Waals surface area contributed by atoms with Crippen LogP contribution in [0.4, 0.5) is 0 Å². The summed E-state index contributed by atoms with van der Waals surface area (Å²) in [6.45, 7) is 12.5. The number of ether oxygens (including phenoxy) is 4. The third kappa shape index (κ3) is 2.86. The summed E-state index contributed by atoms with van der Waals surface area (Å²) in [6, 6.07) is 0. The molecule has 7 nitrogen and oxygen atoms in total. The van der Waals surface area contributed by atoms with Gasteiger partial charge in [-0.2, -0.15) is 0 Å². The average Bonchev–Trinajstić information content (AvgIpc) is 3.12. The van der Waals surface area contributed by atoms with Crippen molar-refractivity contribution in [1.82, 2.24) is 0 Å². The van der Waals surface area contributed by atoms with Crippen molar-refractivity contribution in [3.8, 4) is 0 Å². The van der Waals surface area contributed by atoms with Crippen LogP contribution in [0.2, 0.25) is 0 Å². The lowest BCUT2D eigenvalue weighted by Gasteiger charge is -2.32. The van der Waals surface area contributed by atoms with E-state index in [9.17, 15) is 14.4 Å². The van der Waals surface area contributed by atoms with Crippen LogP contribution in [0.15, 0.2) is 34.9 Å². The molecule has 4 rings (SSSR count). The van der Waals surface area contributed by atoms with Gasteiger partial charge in [0.2, 0.25) is 0 Å². The summed E-state index contributed by atoms with van der Waals surface area (Å²) >= 11 is 0. The molecule has 2 aliphatic carbocycles. The number of hydrogen-bond acceptors (Lipinski definition) is 7. The molecule has 0 radical (unpaired) electrons.